The summed E-state index contributed by atoms with van der Waals surface area (Å²) in [6.07, 6.45) is 0.0766. The molecule has 2 amide bonds. The van der Waals surface area contributed by atoms with Crippen LogP contribution in [0.25, 0.3) is 0 Å². The largest absolute Gasteiger partial charge is 0.356 e. The number of anilines is 3. The van der Waals surface area contributed by atoms with Gasteiger partial charge in [-0.3, -0.25) is 9.59 Å². The normalized spacial score (nSPS) is 11.6. The molecule has 3 aromatic carbocycles. The number of hydrogen-bond acceptors (Lipinski definition) is 4. The van der Waals surface area contributed by atoms with Gasteiger partial charge in [-0.05, 0) is 66.4 Å². The third kappa shape index (κ3) is 7.31. The van der Waals surface area contributed by atoms with Gasteiger partial charge >= 0.3 is 0 Å². The summed E-state index contributed by atoms with van der Waals surface area (Å²) in [6.45, 7) is 8.07. The van der Waals surface area contributed by atoms with Crippen LogP contribution in [-0.2, 0) is 10.2 Å². The minimum Gasteiger partial charge on any atom is -0.356 e. The number of para-hydroxylation sites is 1. The summed E-state index contributed by atoms with van der Waals surface area (Å²) in [4.78, 5) is 24.6. The average molecular weight is 443 g/mol. The molecular formula is C27H30N4O2. The summed E-state index contributed by atoms with van der Waals surface area (Å²) in [5.74, 6) is -0.513. The first-order chi connectivity index (χ1) is 15.7. The molecule has 0 aliphatic rings. The molecule has 0 saturated heterocycles. The van der Waals surface area contributed by atoms with Crippen LogP contribution in [0.3, 0.4) is 0 Å². The molecule has 0 bridgehead atoms. The second-order valence-electron chi connectivity index (χ2n) is 8.91. The van der Waals surface area contributed by atoms with E-state index in [0.717, 1.165) is 16.9 Å². The van der Waals surface area contributed by atoms with Gasteiger partial charge in [0.2, 0.25) is 5.91 Å². The van der Waals surface area contributed by atoms with Crippen LogP contribution in [0.5, 0.6) is 0 Å². The summed E-state index contributed by atoms with van der Waals surface area (Å²) in [5.41, 5.74) is 7.33. The average Bonchev–Trinajstić information content (AvgIpc) is 2.79. The number of benzene rings is 3. The molecule has 0 atom stereocenters. The molecule has 0 heterocycles. The zero-order chi connectivity index (χ0) is 23.8. The smallest absolute Gasteiger partial charge is 0.271 e. The highest BCUT2D eigenvalue weighted by molar-refractivity contribution is 6.06. The summed E-state index contributed by atoms with van der Waals surface area (Å²) in [6, 6.07) is 24.8. The molecule has 0 radical (unpaired) electrons. The number of carbonyl (C=O) groups is 2. The molecule has 3 rings (SSSR count). The molecule has 0 fully saturated rings. The van der Waals surface area contributed by atoms with Crippen LogP contribution in [-0.4, -0.2) is 17.5 Å². The van der Waals surface area contributed by atoms with E-state index in [4.69, 9.17) is 0 Å². The van der Waals surface area contributed by atoms with Crippen LogP contribution < -0.4 is 16.1 Å². The monoisotopic (exact) mass is 442 g/mol. The Hall–Kier alpha value is -3.93. The van der Waals surface area contributed by atoms with Gasteiger partial charge in [0.1, 0.15) is 0 Å². The van der Waals surface area contributed by atoms with Crippen molar-refractivity contribution in [1.29, 1.82) is 0 Å². The number of amides is 2. The van der Waals surface area contributed by atoms with Gasteiger partial charge in [-0.2, -0.15) is 5.10 Å². The molecule has 170 valence electrons. The second-order valence-corrected chi connectivity index (χ2v) is 8.91. The lowest BCUT2D eigenvalue weighted by Crippen LogP contribution is -2.21. The topological polar surface area (TPSA) is 82.6 Å². The molecule has 6 nitrogen and oxygen atoms in total. The van der Waals surface area contributed by atoms with E-state index in [1.165, 1.54) is 0 Å². The summed E-state index contributed by atoms with van der Waals surface area (Å²) in [5, 5.41) is 10.2. The van der Waals surface area contributed by atoms with Gasteiger partial charge in [0.25, 0.3) is 5.91 Å². The Labute approximate surface area is 195 Å². The molecule has 0 aliphatic carbocycles. The first-order valence-electron chi connectivity index (χ1n) is 10.9. The van der Waals surface area contributed by atoms with Gasteiger partial charge in [0.05, 0.1) is 6.42 Å². The van der Waals surface area contributed by atoms with Gasteiger partial charge in [-0.1, -0.05) is 51.1 Å². The predicted molar refractivity (Wildman–Crippen MR) is 135 cm³/mol. The molecular weight excluding hydrogens is 412 g/mol. The van der Waals surface area contributed by atoms with Crippen LogP contribution in [0.15, 0.2) is 84.0 Å². The lowest BCUT2D eigenvalue weighted by Gasteiger charge is -2.18. The first kappa shape index (κ1) is 23.7. The van der Waals surface area contributed by atoms with Crippen molar-refractivity contribution >= 4 is 34.6 Å². The van der Waals surface area contributed by atoms with E-state index < -0.39 is 0 Å². The van der Waals surface area contributed by atoms with Crippen molar-refractivity contribution in [3.63, 3.8) is 0 Å². The Bertz CT molecular complexity index is 1110. The zero-order valence-electron chi connectivity index (χ0n) is 19.5. The molecule has 0 aromatic heterocycles. The van der Waals surface area contributed by atoms with Crippen molar-refractivity contribution in [2.75, 3.05) is 10.6 Å². The highest BCUT2D eigenvalue weighted by atomic mass is 16.2. The summed E-state index contributed by atoms with van der Waals surface area (Å²) >= 11 is 0. The standard InChI is InChI=1S/C27H30N4O2/c1-19(30-31-26(33)20-10-12-21(13-11-20)27(2,3)4)18-25(32)29-24-16-14-23(15-17-24)28-22-8-6-5-7-9-22/h5-17,28H,18H2,1-4H3,(H,29,32)(H,31,33)/b30-19+. The lowest BCUT2D eigenvalue weighted by atomic mass is 9.87. The van der Waals surface area contributed by atoms with Crippen molar-refractivity contribution < 1.29 is 9.59 Å². The highest BCUT2D eigenvalue weighted by Gasteiger charge is 2.14. The fourth-order valence-corrected chi connectivity index (χ4v) is 3.13. The maximum atomic E-state index is 12.3. The fourth-order valence-electron chi connectivity index (χ4n) is 3.13. The van der Waals surface area contributed by atoms with Crippen LogP contribution >= 0.6 is 0 Å². The number of hydrogen-bond donors (Lipinski definition) is 3. The summed E-state index contributed by atoms with van der Waals surface area (Å²) in [7, 11) is 0. The Kier molecular flexibility index (Phi) is 7.61. The van der Waals surface area contributed by atoms with Crippen LogP contribution in [0.2, 0.25) is 0 Å². The molecule has 0 saturated carbocycles. The Morgan fingerprint density at radius 2 is 1.36 bits per heavy atom. The second kappa shape index (κ2) is 10.6. The molecule has 0 aliphatic heterocycles. The SMILES string of the molecule is C/C(CC(=O)Nc1ccc(Nc2ccccc2)cc1)=N\NC(=O)c1ccc(C(C)(C)C)cc1. The van der Waals surface area contributed by atoms with Crippen molar-refractivity contribution in [2.24, 2.45) is 5.10 Å². The number of carbonyl (C=O) groups excluding carboxylic acids is 2. The quantitative estimate of drug-likeness (QED) is 0.316. The molecule has 33 heavy (non-hydrogen) atoms. The molecule has 3 N–H and O–H groups in total. The van der Waals surface area contributed by atoms with Crippen molar-refractivity contribution in [3.05, 3.63) is 90.0 Å². The third-order valence-corrected chi connectivity index (χ3v) is 5.01. The highest BCUT2D eigenvalue weighted by Crippen LogP contribution is 2.22. The maximum absolute atomic E-state index is 12.3. The molecule has 3 aromatic rings. The van der Waals surface area contributed by atoms with E-state index in [9.17, 15) is 9.59 Å². The predicted octanol–water partition coefficient (Wildman–Crippen LogP) is 5.86. The van der Waals surface area contributed by atoms with E-state index in [2.05, 4.69) is 41.9 Å². The fraction of sp³-hybridized carbons (Fsp3) is 0.222. The zero-order valence-corrected chi connectivity index (χ0v) is 19.5. The Morgan fingerprint density at radius 3 is 1.97 bits per heavy atom. The van der Waals surface area contributed by atoms with E-state index >= 15 is 0 Å². The van der Waals surface area contributed by atoms with Crippen molar-refractivity contribution in [2.45, 2.75) is 39.5 Å². The molecule has 6 heteroatoms. The number of nitrogens with one attached hydrogen (secondary N) is 3. The summed E-state index contributed by atoms with van der Waals surface area (Å²) < 4.78 is 0. The van der Waals surface area contributed by atoms with Gasteiger partial charge in [0, 0.05) is 28.3 Å². The lowest BCUT2D eigenvalue weighted by molar-refractivity contribution is -0.115. The minimum absolute atomic E-state index is 0.0236. The van der Waals surface area contributed by atoms with Gasteiger partial charge in [-0.25, -0.2) is 5.43 Å². The van der Waals surface area contributed by atoms with Crippen LogP contribution in [0.4, 0.5) is 17.1 Å². The van der Waals surface area contributed by atoms with E-state index in [-0.39, 0.29) is 23.7 Å². The maximum Gasteiger partial charge on any atom is 0.271 e. The first-order valence-corrected chi connectivity index (χ1v) is 10.9. The number of nitrogens with zero attached hydrogens (tertiary/aromatic N) is 1. The minimum atomic E-state index is -0.309. The molecule has 0 unspecified atom stereocenters. The van der Waals surface area contributed by atoms with Gasteiger partial charge in [0.15, 0.2) is 0 Å². The molecule has 0 spiro atoms. The Balaban J connectivity index is 1.49. The number of rotatable bonds is 7. The van der Waals surface area contributed by atoms with E-state index in [1.54, 1.807) is 19.1 Å². The van der Waals surface area contributed by atoms with Crippen LogP contribution in [0.1, 0.15) is 50.0 Å². The van der Waals surface area contributed by atoms with Gasteiger partial charge < -0.3 is 10.6 Å². The number of hydrazone groups is 1. The van der Waals surface area contributed by atoms with Crippen LogP contribution in [0, 0.1) is 0 Å². The van der Waals surface area contributed by atoms with Crippen molar-refractivity contribution in [3.8, 4) is 0 Å². The van der Waals surface area contributed by atoms with Gasteiger partial charge in [-0.15, -0.1) is 0 Å². The third-order valence-electron chi connectivity index (χ3n) is 5.01. The van der Waals surface area contributed by atoms with Crippen molar-refractivity contribution in [1.82, 2.24) is 5.43 Å². The Morgan fingerprint density at radius 1 is 0.788 bits per heavy atom. The van der Waals surface area contributed by atoms with E-state index in [1.807, 2.05) is 66.7 Å². The van der Waals surface area contributed by atoms with E-state index in [0.29, 0.717) is 17.0 Å².